The highest BCUT2D eigenvalue weighted by Crippen LogP contribution is 2.20. The number of carboxylic acids is 1. The Labute approximate surface area is 152 Å². The number of carbonyl (C=O) groups excluding carboxylic acids is 2. The van der Waals surface area contributed by atoms with Crippen molar-refractivity contribution in [3.8, 4) is 0 Å². The van der Waals surface area contributed by atoms with E-state index in [1.54, 1.807) is 0 Å². The van der Waals surface area contributed by atoms with Gasteiger partial charge >= 0.3 is 12.2 Å². The molecule has 9 nitrogen and oxygen atoms in total. The fraction of sp³-hybridized carbons (Fsp3) is 0.294. The predicted octanol–water partition coefficient (Wildman–Crippen LogP) is 0.430. The molecule has 10 heteroatoms. The molecule has 0 spiro atoms. The summed E-state index contributed by atoms with van der Waals surface area (Å²) in [5.74, 6) is -3.39. The lowest BCUT2D eigenvalue weighted by molar-refractivity contribution is -0.143. The van der Waals surface area contributed by atoms with Gasteiger partial charge in [0.15, 0.2) is 0 Å². The molecule has 2 rings (SSSR count). The molecule has 0 aliphatic heterocycles. The monoisotopic (exact) mass is 376 g/mol. The Morgan fingerprint density at radius 1 is 1.37 bits per heavy atom. The number of aliphatic hydroxyl groups excluding tert-OH is 1. The normalized spacial score (nSPS) is 12.8. The zero-order chi connectivity index (χ0) is 20.0. The van der Waals surface area contributed by atoms with Crippen molar-refractivity contribution in [2.45, 2.75) is 31.4 Å². The molecule has 0 aliphatic rings. The van der Waals surface area contributed by atoms with Crippen molar-refractivity contribution in [2.75, 3.05) is 0 Å². The SMILES string of the molecule is [N-]=[N+]=CC(=O)CC[C@H](NC(=O)[C@@H](O)Cc1c[nH]c2ccc(F)cc12)C(=O)O. The Morgan fingerprint density at radius 3 is 2.78 bits per heavy atom. The van der Waals surface area contributed by atoms with E-state index >= 15 is 0 Å². The summed E-state index contributed by atoms with van der Waals surface area (Å²) >= 11 is 0. The highest BCUT2D eigenvalue weighted by atomic mass is 19.1. The molecule has 1 aromatic carbocycles. The maximum absolute atomic E-state index is 13.4. The first-order valence-electron chi connectivity index (χ1n) is 7.99. The van der Waals surface area contributed by atoms with Gasteiger partial charge in [-0.05, 0) is 30.2 Å². The Bertz CT molecular complexity index is 919. The summed E-state index contributed by atoms with van der Waals surface area (Å²) in [6.07, 6.45) is -0.0642. The van der Waals surface area contributed by atoms with Crippen molar-refractivity contribution in [1.82, 2.24) is 10.3 Å². The number of aromatic amines is 1. The second-order valence-corrected chi connectivity index (χ2v) is 5.87. The van der Waals surface area contributed by atoms with Crippen LogP contribution in [0.5, 0.6) is 0 Å². The van der Waals surface area contributed by atoms with Crippen LogP contribution in [0.15, 0.2) is 24.4 Å². The van der Waals surface area contributed by atoms with Gasteiger partial charge in [-0.2, -0.15) is 4.79 Å². The van der Waals surface area contributed by atoms with E-state index < -0.39 is 35.6 Å². The molecule has 2 aromatic rings. The molecule has 1 aromatic heterocycles. The van der Waals surface area contributed by atoms with Crippen LogP contribution in [0, 0.1) is 5.82 Å². The number of amides is 1. The summed E-state index contributed by atoms with van der Waals surface area (Å²) < 4.78 is 13.4. The number of aliphatic hydroxyl groups is 1. The van der Waals surface area contributed by atoms with Crippen LogP contribution in [0.2, 0.25) is 0 Å². The van der Waals surface area contributed by atoms with Crippen molar-refractivity contribution in [2.24, 2.45) is 0 Å². The molecule has 0 aliphatic carbocycles. The van der Waals surface area contributed by atoms with E-state index in [1.165, 1.54) is 24.4 Å². The number of aromatic nitrogens is 1. The van der Waals surface area contributed by atoms with E-state index in [0.29, 0.717) is 22.7 Å². The van der Waals surface area contributed by atoms with Gasteiger partial charge < -0.3 is 26.0 Å². The largest absolute Gasteiger partial charge is 0.480 e. The smallest absolute Gasteiger partial charge is 0.326 e. The number of H-pyrrole nitrogens is 1. The maximum Gasteiger partial charge on any atom is 0.326 e. The number of nitrogens with zero attached hydrogens (tertiary/aromatic N) is 2. The highest BCUT2D eigenvalue weighted by Gasteiger charge is 2.25. The van der Waals surface area contributed by atoms with Crippen molar-refractivity contribution in [1.29, 1.82) is 0 Å². The molecule has 0 saturated carbocycles. The number of nitrogens with one attached hydrogen (secondary N) is 2. The molecule has 27 heavy (non-hydrogen) atoms. The molecule has 0 saturated heterocycles. The minimum atomic E-state index is -1.57. The lowest BCUT2D eigenvalue weighted by Gasteiger charge is -2.16. The van der Waals surface area contributed by atoms with Crippen molar-refractivity contribution < 1.29 is 33.8 Å². The summed E-state index contributed by atoms with van der Waals surface area (Å²) in [7, 11) is 0. The van der Waals surface area contributed by atoms with Gasteiger partial charge in [0.05, 0.1) is 0 Å². The number of ketones is 1. The summed E-state index contributed by atoms with van der Waals surface area (Å²) in [4.78, 5) is 40.0. The predicted molar refractivity (Wildman–Crippen MR) is 91.5 cm³/mol. The van der Waals surface area contributed by atoms with E-state index in [0.717, 1.165) is 0 Å². The van der Waals surface area contributed by atoms with Crippen LogP contribution in [-0.2, 0) is 20.8 Å². The minimum Gasteiger partial charge on any atom is -0.480 e. The average Bonchev–Trinajstić information content (AvgIpc) is 3.00. The van der Waals surface area contributed by atoms with E-state index in [9.17, 15) is 23.9 Å². The van der Waals surface area contributed by atoms with Crippen LogP contribution < -0.4 is 5.32 Å². The lowest BCUT2D eigenvalue weighted by atomic mass is 10.0. The summed E-state index contributed by atoms with van der Waals surface area (Å²) in [6, 6.07) is 2.66. The summed E-state index contributed by atoms with van der Waals surface area (Å²) in [6.45, 7) is 0. The zero-order valence-corrected chi connectivity index (χ0v) is 14.1. The topological polar surface area (TPSA) is 156 Å². The third-order valence-electron chi connectivity index (χ3n) is 3.94. The molecule has 2 atom stereocenters. The van der Waals surface area contributed by atoms with Crippen LogP contribution in [0.4, 0.5) is 4.39 Å². The van der Waals surface area contributed by atoms with Crippen LogP contribution in [0.1, 0.15) is 18.4 Å². The number of aliphatic carboxylic acids is 1. The van der Waals surface area contributed by atoms with E-state index in [4.69, 9.17) is 10.6 Å². The average molecular weight is 376 g/mol. The van der Waals surface area contributed by atoms with Crippen LogP contribution >= 0.6 is 0 Å². The quantitative estimate of drug-likeness (QED) is 0.284. The molecular formula is C17H17FN4O5. The van der Waals surface area contributed by atoms with Gasteiger partial charge in [0.25, 0.3) is 0 Å². The summed E-state index contributed by atoms with van der Waals surface area (Å²) in [5.41, 5.74) is 9.37. The number of hydrogen-bond acceptors (Lipinski definition) is 4. The third-order valence-corrected chi connectivity index (χ3v) is 3.94. The lowest BCUT2D eigenvalue weighted by Crippen LogP contribution is -2.46. The number of carbonyl (C=O) groups is 3. The third kappa shape index (κ3) is 5.30. The number of Topliss-reactive ketones (excluding diaryl/α,β-unsaturated/α-hetero) is 1. The van der Waals surface area contributed by atoms with Crippen molar-refractivity contribution in [3.63, 3.8) is 0 Å². The first-order chi connectivity index (χ1) is 12.8. The van der Waals surface area contributed by atoms with Gasteiger partial charge in [-0.25, -0.2) is 9.18 Å². The molecule has 0 bridgehead atoms. The van der Waals surface area contributed by atoms with Gasteiger partial charge in [0.2, 0.25) is 11.7 Å². The fourth-order valence-corrected chi connectivity index (χ4v) is 2.56. The minimum absolute atomic E-state index is 0.155. The number of benzene rings is 1. The van der Waals surface area contributed by atoms with Crippen molar-refractivity contribution in [3.05, 3.63) is 41.3 Å². The number of rotatable bonds is 9. The second-order valence-electron chi connectivity index (χ2n) is 5.87. The Balaban J connectivity index is 2.01. The number of carboxylic acid groups (broad SMARTS) is 1. The van der Waals surface area contributed by atoms with Gasteiger partial charge in [0.1, 0.15) is 18.0 Å². The molecule has 0 fully saturated rings. The standard InChI is InChI=1S/C17H17FN4O5/c18-10-1-3-13-12(6-10)9(7-20-13)5-15(24)16(25)22-14(17(26)27)4-2-11(23)8-21-19/h1,3,6-8,14-15,20,24H,2,4-5H2,(H,22,25)(H,26,27)/t14-,15-/m0/s1. The zero-order valence-electron chi connectivity index (χ0n) is 14.1. The number of hydrogen-bond donors (Lipinski definition) is 4. The molecule has 0 unspecified atom stereocenters. The van der Waals surface area contributed by atoms with Gasteiger partial charge in [-0.1, -0.05) is 0 Å². The first-order valence-corrected chi connectivity index (χ1v) is 7.99. The molecule has 142 valence electrons. The van der Waals surface area contributed by atoms with Crippen molar-refractivity contribution >= 4 is 34.8 Å². The van der Waals surface area contributed by atoms with Crippen LogP contribution in [0.3, 0.4) is 0 Å². The molecule has 4 N–H and O–H groups in total. The van der Waals surface area contributed by atoms with Gasteiger partial charge in [0, 0.05) is 29.9 Å². The van der Waals surface area contributed by atoms with Crippen LogP contribution in [-0.4, -0.2) is 56.0 Å². The molecule has 0 radical (unpaired) electrons. The molecule has 1 heterocycles. The number of halogens is 1. The van der Waals surface area contributed by atoms with Gasteiger partial charge in [-0.15, -0.1) is 0 Å². The number of fused-ring (bicyclic) bond motifs is 1. The summed E-state index contributed by atoms with van der Waals surface area (Å²) in [5, 5.41) is 21.9. The van der Waals surface area contributed by atoms with E-state index in [2.05, 4.69) is 15.1 Å². The van der Waals surface area contributed by atoms with E-state index in [1.807, 2.05) is 0 Å². The van der Waals surface area contributed by atoms with Crippen LogP contribution in [0.25, 0.3) is 16.4 Å². The Kier molecular flexibility index (Phi) is 6.53. The van der Waals surface area contributed by atoms with Gasteiger partial charge in [-0.3, -0.25) is 9.59 Å². The maximum atomic E-state index is 13.4. The second kappa shape index (κ2) is 8.84. The Hall–Kier alpha value is -3.36. The van der Waals surface area contributed by atoms with E-state index in [-0.39, 0.29) is 19.3 Å². The first kappa shape index (κ1) is 20.0. The highest BCUT2D eigenvalue weighted by molar-refractivity contribution is 6.25. The Morgan fingerprint density at radius 2 is 2.11 bits per heavy atom. The molecular weight excluding hydrogens is 359 g/mol. The molecule has 1 amide bonds. The fourth-order valence-electron chi connectivity index (χ4n) is 2.56.